The Hall–Kier alpha value is -0.900. The van der Waals surface area contributed by atoms with Gasteiger partial charge in [0, 0.05) is 32.2 Å². The van der Waals surface area contributed by atoms with Crippen molar-refractivity contribution in [3.8, 4) is 0 Å². The van der Waals surface area contributed by atoms with E-state index < -0.39 is 6.10 Å². The van der Waals surface area contributed by atoms with Crippen molar-refractivity contribution in [1.29, 1.82) is 0 Å². The largest absolute Gasteiger partial charge is 0.387 e. The standard InChI is InChI=1S/C16H26N2O/c1-12(2)14-4-6-15(7-5-14)16(19)13(3)18-10-8-17-9-11-18/h4-7,12-13,16-17,19H,8-11H2,1-3H3. The van der Waals surface area contributed by atoms with Crippen molar-refractivity contribution >= 4 is 0 Å². The van der Waals surface area contributed by atoms with Crippen LogP contribution in [0.15, 0.2) is 24.3 Å². The van der Waals surface area contributed by atoms with Gasteiger partial charge in [0.2, 0.25) is 0 Å². The van der Waals surface area contributed by atoms with E-state index in [1.165, 1.54) is 5.56 Å². The third kappa shape index (κ3) is 3.56. The molecule has 19 heavy (non-hydrogen) atoms. The molecule has 0 bridgehead atoms. The molecule has 0 saturated carbocycles. The first-order valence-corrected chi connectivity index (χ1v) is 7.32. The van der Waals surface area contributed by atoms with E-state index >= 15 is 0 Å². The summed E-state index contributed by atoms with van der Waals surface area (Å²) in [5, 5.41) is 13.9. The van der Waals surface area contributed by atoms with Crippen molar-refractivity contribution in [1.82, 2.24) is 10.2 Å². The highest BCUT2D eigenvalue weighted by molar-refractivity contribution is 5.26. The molecule has 0 aromatic heterocycles. The molecule has 1 fully saturated rings. The molecule has 0 radical (unpaired) electrons. The minimum atomic E-state index is -0.403. The second-order valence-corrected chi connectivity index (χ2v) is 5.79. The second-order valence-electron chi connectivity index (χ2n) is 5.79. The minimum absolute atomic E-state index is 0.173. The number of rotatable bonds is 4. The van der Waals surface area contributed by atoms with Gasteiger partial charge in [-0.2, -0.15) is 0 Å². The predicted molar refractivity (Wildman–Crippen MR) is 79.4 cm³/mol. The Labute approximate surface area is 116 Å². The van der Waals surface area contributed by atoms with Crippen molar-refractivity contribution < 1.29 is 5.11 Å². The van der Waals surface area contributed by atoms with Gasteiger partial charge in [0.05, 0.1) is 6.10 Å². The second kappa shape index (κ2) is 6.51. The van der Waals surface area contributed by atoms with Gasteiger partial charge in [0.25, 0.3) is 0 Å². The van der Waals surface area contributed by atoms with Gasteiger partial charge in [-0.25, -0.2) is 0 Å². The minimum Gasteiger partial charge on any atom is -0.387 e. The molecule has 1 aliphatic rings. The van der Waals surface area contributed by atoms with Crippen LogP contribution in [0, 0.1) is 0 Å². The highest BCUT2D eigenvalue weighted by Gasteiger charge is 2.24. The summed E-state index contributed by atoms with van der Waals surface area (Å²) >= 11 is 0. The lowest BCUT2D eigenvalue weighted by Crippen LogP contribution is -2.49. The summed E-state index contributed by atoms with van der Waals surface area (Å²) in [6, 6.07) is 8.57. The fourth-order valence-corrected chi connectivity index (χ4v) is 2.65. The molecule has 2 atom stereocenters. The van der Waals surface area contributed by atoms with Gasteiger partial charge in [-0.15, -0.1) is 0 Å². The molecule has 0 aliphatic carbocycles. The van der Waals surface area contributed by atoms with Gasteiger partial charge in [-0.05, 0) is 24.0 Å². The number of aliphatic hydroxyl groups excluding tert-OH is 1. The molecular formula is C16H26N2O. The summed E-state index contributed by atoms with van der Waals surface area (Å²) in [7, 11) is 0. The zero-order valence-electron chi connectivity index (χ0n) is 12.3. The van der Waals surface area contributed by atoms with Gasteiger partial charge in [0.15, 0.2) is 0 Å². The summed E-state index contributed by atoms with van der Waals surface area (Å²) in [4.78, 5) is 2.36. The maximum absolute atomic E-state index is 10.5. The van der Waals surface area contributed by atoms with Crippen LogP contribution in [0.25, 0.3) is 0 Å². The van der Waals surface area contributed by atoms with Gasteiger partial charge < -0.3 is 10.4 Å². The van der Waals surface area contributed by atoms with Crippen LogP contribution in [-0.2, 0) is 0 Å². The smallest absolute Gasteiger partial charge is 0.0942 e. The lowest BCUT2D eigenvalue weighted by molar-refractivity contribution is 0.0510. The Morgan fingerprint density at radius 2 is 1.53 bits per heavy atom. The number of benzene rings is 1. The van der Waals surface area contributed by atoms with Crippen LogP contribution in [0.1, 0.15) is 43.9 Å². The van der Waals surface area contributed by atoms with E-state index in [9.17, 15) is 5.11 Å². The number of nitrogens with one attached hydrogen (secondary N) is 1. The molecule has 2 rings (SSSR count). The number of piperazine rings is 1. The number of nitrogens with zero attached hydrogens (tertiary/aromatic N) is 1. The summed E-state index contributed by atoms with van der Waals surface area (Å²) in [6.45, 7) is 10.6. The molecule has 1 aliphatic heterocycles. The summed E-state index contributed by atoms with van der Waals surface area (Å²) in [6.07, 6.45) is -0.403. The van der Waals surface area contributed by atoms with E-state index in [2.05, 4.69) is 55.3 Å². The van der Waals surface area contributed by atoms with Crippen molar-refractivity contribution in [2.75, 3.05) is 26.2 Å². The summed E-state index contributed by atoms with van der Waals surface area (Å²) < 4.78 is 0. The van der Waals surface area contributed by atoms with Crippen LogP contribution in [0.2, 0.25) is 0 Å². The molecule has 1 saturated heterocycles. The monoisotopic (exact) mass is 262 g/mol. The van der Waals surface area contributed by atoms with Crippen LogP contribution in [0.4, 0.5) is 0 Å². The molecule has 1 heterocycles. The van der Waals surface area contributed by atoms with Crippen molar-refractivity contribution in [2.45, 2.75) is 38.8 Å². The van der Waals surface area contributed by atoms with Crippen LogP contribution < -0.4 is 5.32 Å². The maximum Gasteiger partial charge on any atom is 0.0942 e. The SMILES string of the molecule is CC(C)c1ccc(C(O)C(C)N2CCNCC2)cc1. The first-order valence-electron chi connectivity index (χ1n) is 7.32. The normalized spacial score (nSPS) is 20.5. The highest BCUT2D eigenvalue weighted by atomic mass is 16.3. The Bertz CT molecular complexity index is 382. The Kier molecular flexibility index (Phi) is 4.97. The van der Waals surface area contributed by atoms with Gasteiger partial charge >= 0.3 is 0 Å². The number of hydrogen-bond donors (Lipinski definition) is 2. The Morgan fingerprint density at radius 3 is 2.05 bits per heavy atom. The van der Waals surface area contributed by atoms with E-state index in [1.54, 1.807) is 0 Å². The molecule has 1 aromatic rings. The summed E-state index contributed by atoms with van der Waals surface area (Å²) in [5.41, 5.74) is 2.35. The highest BCUT2D eigenvalue weighted by Crippen LogP contribution is 2.23. The quantitative estimate of drug-likeness (QED) is 0.872. The fourth-order valence-electron chi connectivity index (χ4n) is 2.65. The molecule has 0 amide bonds. The van der Waals surface area contributed by atoms with Gasteiger partial charge in [0.1, 0.15) is 0 Å². The Balaban J connectivity index is 2.03. The van der Waals surface area contributed by atoms with Crippen LogP contribution in [0.3, 0.4) is 0 Å². The lowest BCUT2D eigenvalue weighted by atomic mass is 9.97. The average Bonchev–Trinajstić information content (AvgIpc) is 2.46. The first-order chi connectivity index (χ1) is 9.09. The van der Waals surface area contributed by atoms with E-state index in [4.69, 9.17) is 0 Å². The Morgan fingerprint density at radius 1 is 1.00 bits per heavy atom. The zero-order chi connectivity index (χ0) is 13.8. The molecule has 0 spiro atoms. The third-order valence-electron chi connectivity index (χ3n) is 4.13. The van der Waals surface area contributed by atoms with E-state index in [0.29, 0.717) is 5.92 Å². The number of aliphatic hydroxyl groups is 1. The fraction of sp³-hybridized carbons (Fsp3) is 0.625. The van der Waals surface area contributed by atoms with Crippen molar-refractivity contribution in [3.05, 3.63) is 35.4 Å². The van der Waals surface area contributed by atoms with E-state index in [1.807, 2.05) is 0 Å². The summed E-state index contributed by atoms with van der Waals surface area (Å²) in [5.74, 6) is 0.539. The lowest BCUT2D eigenvalue weighted by Gasteiger charge is -2.35. The third-order valence-corrected chi connectivity index (χ3v) is 4.13. The molecule has 2 unspecified atom stereocenters. The number of hydrogen-bond acceptors (Lipinski definition) is 3. The predicted octanol–water partition coefficient (Wildman–Crippen LogP) is 2.14. The molecule has 3 heteroatoms. The van der Waals surface area contributed by atoms with Crippen molar-refractivity contribution in [3.63, 3.8) is 0 Å². The maximum atomic E-state index is 10.5. The van der Waals surface area contributed by atoms with E-state index in [-0.39, 0.29) is 6.04 Å². The van der Waals surface area contributed by atoms with Crippen LogP contribution in [0.5, 0.6) is 0 Å². The first kappa shape index (κ1) is 14.5. The van der Waals surface area contributed by atoms with Crippen LogP contribution in [-0.4, -0.2) is 42.2 Å². The van der Waals surface area contributed by atoms with Gasteiger partial charge in [-0.3, -0.25) is 4.90 Å². The topological polar surface area (TPSA) is 35.5 Å². The molecule has 3 nitrogen and oxygen atoms in total. The average molecular weight is 262 g/mol. The molecule has 2 N–H and O–H groups in total. The van der Waals surface area contributed by atoms with Crippen molar-refractivity contribution in [2.24, 2.45) is 0 Å². The van der Waals surface area contributed by atoms with E-state index in [0.717, 1.165) is 31.7 Å². The molecule has 106 valence electrons. The van der Waals surface area contributed by atoms with Gasteiger partial charge in [-0.1, -0.05) is 38.1 Å². The molecular weight excluding hydrogens is 236 g/mol. The molecule has 1 aromatic carbocycles. The van der Waals surface area contributed by atoms with Crippen LogP contribution >= 0.6 is 0 Å². The zero-order valence-corrected chi connectivity index (χ0v) is 12.3.